The fourth-order valence-electron chi connectivity index (χ4n) is 1.30. The minimum atomic E-state index is 0.0888. The Bertz CT molecular complexity index is 543. The summed E-state index contributed by atoms with van der Waals surface area (Å²) >= 11 is 2.91. The van der Waals surface area contributed by atoms with Crippen molar-refractivity contribution in [1.82, 2.24) is 10.5 Å². The van der Waals surface area contributed by atoms with E-state index in [9.17, 15) is 9.59 Å². The molecule has 0 bridgehead atoms. The molecule has 0 saturated heterocycles. The van der Waals surface area contributed by atoms with Crippen molar-refractivity contribution in [2.45, 2.75) is 13.3 Å². The Labute approximate surface area is 156 Å². The van der Waals surface area contributed by atoms with Crippen LogP contribution in [0.3, 0.4) is 0 Å². The average molecular weight is 391 g/mol. The maximum absolute atomic E-state index is 11.3. The molecule has 4 N–H and O–H groups in total. The monoisotopic (exact) mass is 390 g/mol. The Morgan fingerprint density at radius 3 is 1.84 bits per heavy atom. The second-order valence-electron chi connectivity index (χ2n) is 4.29. The number of ketones is 2. The lowest BCUT2D eigenvalue weighted by atomic mass is 10.2. The summed E-state index contributed by atoms with van der Waals surface area (Å²) < 4.78 is 0. The Balaban J connectivity index is 0. The normalized spacial score (nSPS) is 8.96. The van der Waals surface area contributed by atoms with E-state index in [0.717, 1.165) is 21.9 Å². The number of hydrogen-bond donors (Lipinski definition) is 4. The first kappa shape index (κ1) is 25.8. The van der Waals surface area contributed by atoms with Crippen molar-refractivity contribution < 1.29 is 25.1 Å². The van der Waals surface area contributed by atoms with Crippen LogP contribution in [0.1, 0.15) is 32.7 Å². The van der Waals surface area contributed by atoms with Crippen molar-refractivity contribution in [1.29, 1.82) is 0 Å². The van der Waals surface area contributed by atoms with Crippen LogP contribution in [0, 0.1) is 0 Å². The zero-order chi connectivity index (χ0) is 19.7. The maximum atomic E-state index is 11.3. The van der Waals surface area contributed by atoms with E-state index in [1.54, 1.807) is 18.5 Å². The van der Waals surface area contributed by atoms with Gasteiger partial charge in [0.15, 0.2) is 11.6 Å². The molecule has 2 aromatic rings. The van der Waals surface area contributed by atoms with Crippen LogP contribution in [0.25, 0.3) is 0 Å². The van der Waals surface area contributed by atoms with Crippen LogP contribution >= 0.6 is 22.7 Å². The smallest absolute Gasteiger partial charge is 0.174 e. The number of aliphatic hydroxyl groups excluding tert-OH is 1. The van der Waals surface area contributed by atoms with Gasteiger partial charge >= 0.3 is 0 Å². The predicted molar refractivity (Wildman–Crippen MR) is 101 cm³/mol. The van der Waals surface area contributed by atoms with Gasteiger partial charge in [-0.15, -0.1) is 22.7 Å². The first-order valence-electron chi connectivity index (χ1n) is 7.19. The Hall–Kier alpha value is -1.46. The van der Waals surface area contributed by atoms with Crippen molar-refractivity contribution in [3.05, 3.63) is 44.8 Å². The third-order valence-corrected chi connectivity index (χ3v) is 4.21. The number of thiophene rings is 2. The highest BCUT2D eigenvalue weighted by Crippen LogP contribution is 2.11. The molecule has 0 aliphatic rings. The number of hydrogen-bond acceptors (Lipinski definition) is 9. The van der Waals surface area contributed by atoms with E-state index >= 15 is 0 Å². The minimum Gasteiger partial charge on any atom is -0.400 e. The molecule has 2 heterocycles. The summed E-state index contributed by atoms with van der Waals surface area (Å²) in [4.78, 5) is 23.4. The molecule has 0 unspecified atom stereocenters. The number of Topliss-reactive ketones (excluding diaryl/α,β-unsaturated/α-hetero) is 2. The second kappa shape index (κ2) is 17.4. The molecule has 0 amide bonds. The molecule has 0 aliphatic heterocycles. The van der Waals surface area contributed by atoms with Crippen molar-refractivity contribution in [3.8, 4) is 0 Å². The molecule has 7 nitrogen and oxygen atoms in total. The SMILES string of the molecule is CC(=O)c1cccs1.CN(O)CCC(=O)c1cccs1.CNO.CO. The van der Waals surface area contributed by atoms with E-state index in [0.29, 0.717) is 13.0 Å². The molecule has 9 heteroatoms. The number of hydroxylamine groups is 3. The van der Waals surface area contributed by atoms with Crippen molar-refractivity contribution in [2.75, 3.05) is 27.7 Å². The fraction of sp³-hybridized carbons (Fsp3) is 0.375. The standard InChI is InChI=1S/C8H11NO2S.C6H6OS.CH5NO.CH4O/c1-9(11)5-4-7(10)8-3-2-6-12-8;1-5(7)6-3-2-4-8-6;1-2-3;1-2/h2-3,6,11H,4-5H2,1H3;2-4H,1H3;2-3H,1H3;2H,1H3. The van der Waals surface area contributed by atoms with Crippen LogP contribution in [0.2, 0.25) is 0 Å². The fourth-order valence-corrected chi connectivity index (χ4v) is 2.62. The highest BCUT2D eigenvalue weighted by molar-refractivity contribution is 7.12. The lowest BCUT2D eigenvalue weighted by Gasteiger charge is -2.05. The molecular formula is C16H26N2O5S2. The molecule has 0 aromatic carbocycles. The van der Waals surface area contributed by atoms with Gasteiger partial charge in [0.2, 0.25) is 0 Å². The van der Waals surface area contributed by atoms with Gasteiger partial charge in [-0.1, -0.05) is 12.1 Å². The quantitative estimate of drug-likeness (QED) is 0.459. The van der Waals surface area contributed by atoms with Crippen LogP contribution in [0.5, 0.6) is 0 Å². The lowest BCUT2D eigenvalue weighted by molar-refractivity contribution is -0.0635. The Morgan fingerprint density at radius 1 is 1.12 bits per heavy atom. The molecule has 0 radical (unpaired) electrons. The molecular weight excluding hydrogens is 364 g/mol. The summed E-state index contributed by atoms with van der Waals surface area (Å²) in [6.07, 6.45) is 0.369. The number of rotatable bonds is 5. The first-order chi connectivity index (χ1) is 11.9. The summed E-state index contributed by atoms with van der Waals surface area (Å²) in [6.45, 7) is 1.96. The van der Waals surface area contributed by atoms with Crippen LogP contribution in [0.4, 0.5) is 0 Å². The molecule has 142 valence electrons. The van der Waals surface area contributed by atoms with Crippen molar-refractivity contribution in [3.63, 3.8) is 0 Å². The van der Waals surface area contributed by atoms with Gasteiger partial charge in [0.05, 0.1) is 9.75 Å². The molecule has 25 heavy (non-hydrogen) atoms. The van der Waals surface area contributed by atoms with Gasteiger partial charge in [0, 0.05) is 34.2 Å². The van der Waals surface area contributed by atoms with E-state index in [2.05, 4.69) is 0 Å². The van der Waals surface area contributed by atoms with E-state index < -0.39 is 0 Å². The van der Waals surface area contributed by atoms with E-state index in [1.807, 2.05) is 29.0 Å². The van der Waals surface area contributed by atoms with E-state index in [1.165, 1.54) is 36.8 Å². The van der Waals surface area contributed by atoms with Crippen molar-refractivity contribution in [2.24, 2.45) is 0 Å². The van der Waals surface area contributed by atoms with E-state index in [-0.39, 0.29) is 11.6 Å². The first-order valence-corrected chi connectivity index (χ1v) is 8.95. The van der Waals surface area contributed by atoms with Gasteiger partial charge < -0.3 is 15.5 Å². The third-order valence-electron chi connectivity index (χ3n) is 2.33. The Kier molecular flexibility index (Phi) is 17.9. The van der Waals surface area contributed by atoms with Crippen molar-refractivity contribution >= 4 is 34.2 Å². The third kappa shape index (κ3) is 14.6. The highest BCUT2D eigenvalue weighted by atomic mass is 32.1. The van der Waals surface area contributed by atoms with Gasteiger partial charge in [-0.2, -0.15) is 5.06 Å². The number of carbonyl (C=O) groups excluding carboxylic acids is 2. The predicted octanol–water partition coefficient (Wildman–Crippen LogP) is 2.80. The molecule has 0 spiro atoms. The molecule has 2 aromatic heterocycles. The molecule has 0 aliphatic carbocycles. The lowest BCUT2D eigenvalue weighted by Crippen LogP contribution is -2.16. The van der Waals surface area contributed by atoms with Gasteiger partial charge in [-0.25, -0.2) is 5.48 Å². The minimum absolute atomic E-state index is 0.0888. The molecule has 0 saturated carbocycles. The largest absolute Gasteiger partial charge is 0.400 e. The van der Waals surface area contributed by atoms with Gasteiger partial charge in [-0.3, -0.25) is 9.59 Å². The second-order valence-corrected chi connectivity index (χ2v) is 6.18. The molecule has 2 rings (SSSR count). The van der Waals surface area contributed by atoms with Crippen LogP contribution in [0.15, 0.2) is 35.0 Å². The number of nitrogens with one attached hydrogen (secondary N) is 1. The van der Waals surface area contributed by atoms with E-state index in [4.69, 9.17) is 15.5 Å². The van der Waals surface area contributed by atoms with Crippen LogP contribution in [-0.2, 0) is 0 Å². The summed E-state index contributed by atoms with van der Waals surface area (Å²) in [7, 11) is 3.96. The van der Waals surface area contributed by atoms with Gasteiger partial charge in [0.25, 0.3) is 0 Å². The summed E-state index contributed by atoms with van der Waals surface area (Å²) in [5, 5.41) is 27.9. The summed E-state index contributed by atoms with van der Waals surface area (Å²) in [6, 6.07) is 7.35. The van der Waals surface area contributed by atoms with Gasteiger partial charge in [0.1, 0.15) is 0 Å². The number of carbonyl (C=O) groups is 2. The van der Waals surface area contributed by atoms with Crippen LogP contribution < -0.4 is 5.48 Å². The highest BCUT2D eigenvalue weighted by Gasteiger charge is 2.06. The molecule has 0 atom stereocenters. The van der Waals surface area contributed by atoms with Gasteiger partial charge in [-0.05, 0) is 29.8 Å². The topological polar surface area (TPSA) is 110 Å². The zero-order valence-corrected chi connectivity index (χ0v) is 16.4. The summed E-state index contributed by atoms with van der Waals surface area (Å²) in [5.74, 6) is 0.242. The van der Waals surface area contributed by atoms with Crippen LogP contribution in [-0.4, -0.2) is 59.9 Å². The number of aliphatic hydroxyl groups is 1. The zero-order valence-electron chi connectivity index (χ0n) is 14.8. The molecule has 0 fully saturated rings. The summed E-state index contributed by atoms with van der Waals surface area (Å²) in [5.41, 5.74) is 1.75. The average Bonchev–Trinajstić information content (AvgIpc) is 3.29. The maximum Gasteiger partial charge on any atom is 0.174 e. The number of nitrogens with zero attached hydrogens (tertiary/aromatic N) is 1. The Morgan fingerprint density at radius 2 is 1.56 bits per heavy atom.